The number of hydrogen-bond acceptors (Lipinski definition) is 8. The van der Waals surface area contributed by atoms with E-state index in [9.17, 15) is 23.5 Å². The summed E-state index contributed by atoms with van der Waals surface area (Å²) < 4.78 is 39.0. The molecule has 1 N–H and O–H groups in total. The van der Waals surface area contributed by atoms with E-state index < -0.39 is 35.1 Å². The summed E-state index contributed by atoms with van der Waals surface area (Å²) >= 11 is 2.13. The van der Waals surface area contributed by atoms with E-state index in [1.807, 2.05) is 0 Å². The fourth-order valence-corrected chi connectivity index (χ4v) is 5.87. The Bertz CT molecular complexity index is 1490. The molecule has 0 spiro atoms. The van der Waals surface area contributed by atoms with E-state index in [4.69, 9.17) is 9.47 Å². The number of ether oxygens (including phenoxy) is 2. The number of aliphatic hydroxyl groups excluding tert-OH is 1. The molecule has 4 aromatic rings. The number of fused-ring (bicyclic) bond motifs is 1. The van der Waals surface area contributed by atoms with Crippen LogP contribution in [0.3, 0.4) is 0 Å². The van der Waals surface area contributed by atoms with Crippen LogP contribution in [-0.2, 0) is 9.59 Å². The monoisotopic (exact) mass is 514 g/mol. The number of aliphatic hydroxyl groups is 1. The maximum atomic E-state index is 14.3. The van der Waals surface area contributed by atoms with E-state index in [2.05, 4.69) is 4.98 Å². The normalized spacial score (nSPS) is 17.4. The number of hydrogen-bond donors (Lipinski definition) is 1. The van der Waals surface area contributed by atoms with E-state index in [0.717, 1.165) is 22.3 Å². The van der Waals surface area contributed by atoms with Crippen LogP contribution in [0.5, 0.6) is 11.5 Å². The van der Waals surface area contributed by atoms with Crippen molar-refractivity contribution in [3.63, 3.8) is 0 Å². The Hall–Kier alpha value is -3.83. The Balaban J connectivity index is 1.76. The van der Waals surface area contributed by atoms with Crippen molar-refractivity contribution in [3.8, 4) is 11.5 Å². The van der Waals surface area contributed by atoms with Crippen LogP contribution in [0.4, 0.5) is 13.9 Å². The standard InChI is InChI=1S/C24H16F2N2O5S2/c1-32-13-5-3-6-14(33-2)17(13)21(29)18-20(15-7-4-8-34-15)28(23(31)22(18)30)24-27-19-12(26)9-11(25)10-16(19)35-24/h3-10,20,29H,1-2H3/b21-18+. The van der Waals surface area contributed by atoms with E-state index in [0.29, 0.717) is 10.9 Å². The van der Waals surface area contributed by atoms with E-state index in [-0.39, 0.29) is 38.0 Å². The number of nitrogens with zero attached hydrogens (tertiary/aromatic N) is 2. The lowest BCUT2D eigenvalue weighted by Crippen LogP contribution is -2.28. The third kappa shape index (κ3) is 3.63. The average Bonchev–Trinajstić information content (AvgIpc) is 3.57. The second kappa shape index (κ2) is 8.75. The molecular formula is C24H16F2N2O5S2. The van der Waals surface area contributed by atoms with E-state index >= 15 is 0 Å². The van der Waals surface area contributed by atoms with Gasteiger partial charge in [-0.05, 0) is 29.6 Å². The van der Waals surface area contributed by atoms with Gasteiger partial charge in [-0.15, -0.1) is 11.3 Å². The Morgan fingerprint density at radius 2 is 1.80 bits per heavy atom. The Labute approximate surface area is 205 Å². The lowest BCUT2D eigenvalue weighted by atomic mass is 9.99. The smallest absolute Gasteiger partial charge is 0.301 e. The van der Waals surface area contributed by atoms with Gasteiger partial charge in [0, 0.05) is 10.9 Å². The average molecular weight is 515 g/mol. The minimum Gasteiger partial charge on any atom is -0.506 e. The molecule has 1 amide bonds. The first-order valence-corrected chi connectivity index (χ1v) is 11.9. The number of benzene rings is 2. The molecule has 1 fully saturated rings. The van der Waals surface area contributed by atoms with Gasteiger partial charge in [0.15, 0.2) is 10.9 Å². The van der Waals surface area contributed by atoms with Gasteiger partial charge in [-0.3, -0.25) is 14.5 Å². The third-order valence-corrected chi connectivity index (χ3v) is 7.46. The number of amides is 1. The molecule has 1 unspecified atom stereocenters. The van der Waals surface area contributed by atoms with Gasteiger partial charge in [-0.1, -0.05) is 23.5 Å². The van der Waals surface area contributed by atoms with Crippen LogP contribution in [0, 0.1) is 11.6 Å². The number of Topliss-reactive ketones (excluding diaryl/α,β-unsaturated/α-hetero) is 1. The highest BCUT2D eigenvalue weighted by molar-refractivity contribution is 7.22. The number of methoxy groups -OCH3 is 2. The van der Waals surface area contributed by atoms with Crippen LogP contribution in [-0.4, -0.2) is 36.0 Å². The summed E-state index contributed by atoms with van der Waals surface area (Å²) in [6, 6.07) is 9.00. The lowest BCUT2D eigenvalue weighted by Gasteiger charge is -2.22. The van der Waals surface area contributed by atoms with E-state index in [1.54, 1.807) is 35.7 Å². The summed E-state index contributed by atoms with van der Waals surface area (Å²) in [5.74, 6) is -3.61. The zero-order chi connectivity index (χ0) is 24.9. The highest BCUT2D eigenvalue weighted by Crippen LogP contribution is 2.47. The van der Waals surface area contributed by atoms with Crippen molar-refractivity contribution in [1.29, 1.82) is 0 Å². The van der Waals surface area contributed by atoms with E-state index in [1.165, 1.54) is 25.6 Å². The zero-order valence-electron chi connectivity index (χ0n) is 18.2. The predicted octanol–water partition coefficient (Wildman–Crippen LogP) is 5.28. The zero-order valence-corrected chi connectivity index (χ0v) is 19.9. The van der Waals surface area contributed by atoms with Gasteiger partial charge >= 0.3 is 5.91 Å². The molecule has 0 saturated carbocycles. The van der Waals surface area contributed by atoms with Crippen molar-refractivity contribution < 1.29 is 33.0 Å². The molecule has 7 nitrogen and oxygen atoms in total. The Morgan fingerprint density at radius 1 is 1.09 bits per heavy atom. The van der Waals surface area contributed by atoms with Crippen LogP contribution >= 0.6 is 22.7 Å². The molecular weight excluding hydrogens is 498 g/mol. The largest absolute Gasteiger partial charge is 0.506 e. The van der Waals surface area contributed by atoms with Crippen LogP contribution in [0.15, 0.2) is 53.4 Å². The highest BCUT2D eigenvalue weighted by atomic mass is 32.1. The Morgan fingerprint density at radius 3 is 2.43 bits per heavy atom. The third-order valence-electron chi connectivity index (χ3n) is 5.53. The van der Waals surface area contributed by atoms with Gasteiger partial charge in [0.05, 0.1) is 24.5 Å². The maximum Gasteiger partial charge on any atom is 0.301 e. The molecule has 1 atom stereocenters. The Kier molecular flexibility index (Phi) is 5.73. The summed E-state index contributed by atoms with van der Waals surface area (Å²) in [6.07, 6.45) is 0. The minimum absolute atomic E-state index is 0.00367. The SMILES string of the molecule is COc1cccc(OC)c1/C(O)=C1\C(=O)C(=O)N(c2nc3c(F)cc(F)cc3s2)C1c1cccs1. The first-order chi connectivity index (χ1) is 16.8. The number of rotatable bonds is 5. The van der Waals surface area contributed by atoms with Crippen LogP contribution in [0.25, 0.3) is 16.0 Å². The molecule has 1 aliphatic rings. The quantitative estimate of drug-likeness (QED) is 0.222. The predicted molar refractivity (Wildman–Crippen MR) is 128 cm³/mol. The summed E-state index contributed by atoms with van der Waals surface area (Å²) in [4.78, 5) is 32.4. The first kappa shape index (κ1) is 22.9. The van der Waals surface area contributed by atoms with Crippen molar-refractivity contribution in [2.45, 2.75) is 6.04 Å². The van der Waals surface area contributed by atoms with Gasteiger partial charge in [0.2, 0.25) is 0 Å². The van der Waals surface area contributed by atoms with Gasteiger partial charge in [0.25, 0.3) is 5.78 Å². The number of ketones is 1. The van der Waals surface area contributed by atoms with Crippen LogP contribution in [0.2, 0.25) is 0 Å². The molecule has 0 bridgehead atoms. The molecule has 0 radical (unpaired) electrons. The molecule has 1 aliphatic heterocycles. The van der Waals surface area contributed by atoms with Gasteiger partial charge in [-0.2, -0.15) is 0 Å². The number of thiazole rings is 1. The molecule has 1 saturated heterocycles. The van der Waals surface area contributed by atoms with Crippen molar-refractivity contribution >= 4 is 55.5 Å². The van der Waals surface area contributed by atoms with Gasteiger partial charge in [-0.25, -0.2) is 13.8 Å². The summed E-state index contributed by atoms with van der Waals surface area (Å²) in [5.41, 5.74) is -0.217. The second-order valence-corrected chi connectivity index (χ2v) is 9.44. The number of carbonyl (C=O) groups excluding carboxylic acids is 2. The maximum absolute atomic E-state index is 14.3. The van der Waals surface area contributed by atoms with Gasteiger partial charge in [0.1, 0.15) is 40.2 Å². The molecule has 11 heteroatoms. The summed E-state index contributed by atoms with van der Waals surface area (Å²) in [7, 11) is 2.80. The molecule has 35 heavy (non-hydrogen) atoms. The van der Waals surface area contributed by atoms with Crippen molar-refractivity contribution in [3.05, 3.63) is 75.5 Å². The van der Waals surface area contributed by atoms with Crippen molar-refractivity contribution in [2.24, 2.45) is 0 Å². The summed E-state index contributed by atoms with van der Waals surface area (Å²) in [6.45, 7) is 0. The number of anilines is 1. The number of aromatic nitrogens is 1. The fraction of sp³-hybridized carbons (Fsp3) is 0.125. The topological polar surface area (TPSA) is 89.0 Å². The molecule has 0 aliphatic carbocycles. The van der Waals surface area contributed by atoms with Crippen LogP contribution in [0.1, 0.15) is 16.5 Å². The van der Waals surface area contributed by atoms with Crippen LogP contribution < -0.4 is 14.4 Å². The molecule has 3 heterocycles. The van der Waals surface area contributed by atoms with Crippen molar-refractivity contribution in [1.82, 2.24) is 4.98 Å². The molecule has 2 aromatic heterocycles. The highest BCUT2D eigenvalue weighted by Gasteiger charge is 2.49. The molecule has 2 aromatic carbocycles. The van der Waals surface area contributed by atoms with Crippen molar-refractivity contribution in [2.75, 3.05) is 19.1 Å². The summed E-state index contributed by atoms with van der Waals surface area (Å²) in [5, 5.41) is 13.1. The molecule has 5 rings (SSSR count). The lowest BCUT2D eigenvalue weighted by molar-refractivity contribution is -0.132. The fourth-order valence-electron chi connectivity index (χ4n) is 4.01. The number of thiophene rings is 1. The van der Waals surface area contributed by atoms with Gasteiger partial charge < -0.3 is 14.6 Å². The molecule has 178 valence electrons. The number of halogens is 2. The number of carbonyl (C=O) groups is 2. The second-order valence-electron chi connectivity index (χ2n) is 7.45. The minimum atomic E-state index is -1.06. The first-order valence-electron chi connectivity index (χ1n) is 10.2.